The molecule has 4 rings (SSSR count). The number of rotatable bonds is 5. The van der Waals surface area contributed by atoms with E-state index >= 15 is 0 Å². The van der Waals surface area contributed by atoms with Gasteiger partial charge in [0.25, 0.3) is 10.0 Å². The molecule has 0 radical (unpaired) electrons. The van der Waals surface area contributed by atoms with Crippen LogP contribution < -0.4 is 4.90 Å². The predicted molar refractivity (Wildman–Crippen MR) is 111 cm³/mol. The second kappa shape index (κ2) is 8.25. The molecule has 0 aliphatic carbocycles. The van der Waals surface area contributed by atoms with Gasteiger partial charge in [-0.05, 0) is 35.6 Å². The lowest BCUT2D eigenvalue weighted by Gasteiger charge is -2.33. The first-order chi connectivity index (χ1) is 13.9. The van der Waals surface area contributed by atoms with Gasteiger partial charge in [-0.15, -0.1) is 11.3 Å². The molecule has 0 saturated carbocycles. The van der Waals surface area contributed by atoms with Crippen molar-refractivity contribution in [3.05, 3.63) is 47.3 Å². The van der Waals surface area contributed by atoms with Gasteiger partial charge in [-0.2, -0.15) is 4.31 Å². The number of thiophene rings is 1. The molecule has 9 heteroatoms. The molecule has 29 heavy (non-hydrogen) atoms. The Morgan fingerprint density at radius 1 is 1.00 bits per heavy atom. The number of sulfonamides is 1. The first-order valence-electron chi connectivity index (χ1n) is 9.66. The fourth-order valence-electron chi connectivity index (χ4n) is 3.72. The normalized spacial score (nSPS) is 18.4. The van der Waals surface area contributed by atoms with E-state index in [4.69, 9.17) is 0 Å². The van der Waals surface area contributed by atoms with Crippen molar-refractivity contribution in [1.29, 1.82) is 0 Å². The SMILES string of the molecule is O=C(Cc1ccc(N2CCCC2=O)cc1)N1CCN(S(=O)(=O)c2cccs2)CC1. The van der Waals surface area contributed by atoms with Crippen LogP contribution in [0.2, 0.25) is 0 Å². The number of anilines is 1. The highest BCUT2D eigenvalue weighted by Gasteiger charge is 2.30. The second-order valence-electron chi connectivity index (χ2n) is 7.21. The van der Waals surface area contributed by atoms with Crippen molar-refractivity contribution >= 4 is 38.9 Å². The maximum atomic E-state index is 12.6. The number of hydrogen-bond acceptors (Lipinski definition) is 5. The van der Waals surface area contributed by atoms with E-state index in [9.17, 15) is 18.0 Å². The number of hydrogen-bond donors (Lipinski definition) is 0. The largest absolute Gasteiger partial charge is 0.340 e. The lowest BCUT2D eigenvalue weighted by molar-refractivity contribution is -0.131. The van der Waals surface area contributed by atoms with Crippen molar-refractivity contribution in [3.8, 4) is 0 Å². The number of amides is 2. The summed E-state index contributed by atoms with van der Waals surface area (Å²) < 4.78 is 27.0. The smallest absolute Gasteiger partial charge is 0.252 e. The van der Waals surface area contributed by atoms with Crippen molar-refractivity contribution in [2.75, 3.05) is 37.6 Å². The fraction of sp³-hybridized carbons (Fsp3) is 0.400. The van der Waals surface area contributed by atoms with E-state index in [1.807, 2.05) is 24.3 Å². The van der Waals surface area contributed by atoms with E-state index in [1.165, 1.54) is 15.6 Å². The number of benzene rings is 1. The Labute approximate surface area is 174 Å². The number of piperazine rings is 1. The average molecular weight is 434 g/mol. The highest BCUT2D eigenvalue weighted by molar-refractivity contribution is 7.91. The summed E-state index contributed by atoms with van der Waals surface area (Å²) >= 11 is 1.21. The van der Waals surface area contributed by atoms with Gasteiger partial charge in [0.15, 0.2) is 0 Å². The molecule has 2 fully saturated rings. The van der Waals surface area contributed by atoms with Crippen LogP contribution in [0, 0.1) is 0 Å². The molecule has 154 valence electrons. The number of carbonyl (C=O) groups is 2. The molecule has 1 aromatic heterocycles. The van der Waals surface area contributed by atoms with Gasteiger partial charge < -0.3 is 9.80 Å². The van der Waals surface area contributed by atoms with Crippen LogP contribution in [0.15, 0.2) is 46.0 Å². The zero-order chi connectivity index (χ0) is 20.4. The summed E-state index contributed by atoms with van der Waals surface area (Å²) in [6, 6.07) is 10.9. The molecule has 2 saturated heterocycles. The Kier molecular flexibility index (Phi) is 5.71. The minimum absolute atomic E-state index is 0.0110. The molecule has 0 atom stereocenters. The Morgan fingerprint density at radius 3 is 2.31 bits per heavy atom. The number of nitrogens with zero attached hydrogens (tertiary/aromatic N) is 3. The average Bonchev–Trinajstić information content (AvgIpc) is 3.41. The summed E-state index contributed by atoms with van der Waals surface area (Å²) in [7, 11) is -3.46. The molecule has 7 nitrogen and oxygen atoms in total. The summed E-state index contributed by atoms with van der Waals surface area (Å²) in [5.74, 6) is 0.132. The van der Waals surface area contributed by atoms with Gasteiger partial charge >= 0.3 is 0 Å². The molecule has 0 N–H and O–H groups in total. The third-order valence-corrected chi connectivity index (χ3v) is 8.63. The molecular weight excluding hydrogens is 410 g/mol. The molecule has 0 bridgehead atoms. The predicted octanol–water partition coefficient (Wildman–Crippen LogP) is 1.95. The van der Waals surface area contributed by atoms with Crippen molar-refractivity contribution in [3.63, 3.8) is 0 Å². The lowest BCUT2D eigenvalue weighted by Crippen LogP contribution is -2.50. The highest BCUT2D eigenvalue weighted by atomic mass is 32.2. The summed E-state index contributed by atoms with van der Waals surface area (Å²) in [6.07, 6.45) is 1.74. The van der Waals surface area contributed by atoms with Crippen LogP contribution in [-0.4, -0.2) is 62.2 Å². The third-order valence-electron chi connectivity index (χ3n) is 5.36. The van der Waals surface area contributed by atoms with Crippen molar-refractivity contribution in [2.24, 2.45) is 0 Å². The lowest BCUT2D eigenvalue weighted by atomic mass is 10.1. The van der Waals surface area contributed by atoms with Gasteiger partial charge in [0.1, 0.15) is 4.21 Å². The van der Waals surface area contributed by atoms with Crippen LogP contribution in [0.1, 0.15) is 18.4 Å². The Morgan fingerprint density at radius 2 is 1.72 bits per heavy atom. The van der Waals surface area contributed by atoms with Crippen LogP contribution >= 0.6 is 11.3 Å². The van der Waals surface area contributed by atoms with E-state index in [0.717, 1.165) is 24.2 Å². The zero-order valence-corrected chi connectivity index (χ0v) is 17.6. The van der Waals surface area contributed by atoms with Gasteiger partial charge in [-0.3, -0.25) is 9.59 Å². The van der Waals surface area contributed by atoms with Gasteiger partial charge in [0, 0.05) is 44.8 Å². The van der Waals surface area contributed by atoms with Crippen LogP contribution in [0.25, 0.3) is 0 Å². The first-order valence-corrected chi connectivity index (χ1v) is 12.0. The minimum Gasteiger partial charge on any atom is -0.340 e. The van der Waals surface area contributed by atoms with Crippen molar-refractivity contribution < 1.29 is 18.0 Å². The molecule has 2 aromatic rings. The molecular formula is C20H23N3O4S2. The molecule has 0 unspecified atom stereocenters. The molecule has 1 aromatic carbocycles. The van der Waals surface area contributed by atoms with E-state index < -0.39 is 10.0 Å². The topological polar surface area (TPSA) is 78.0 Å². The van der Waals surface area contributed by atoms with Crippen LogP contribution in [0.3, 0.4) is 0 Å². The summed E-state index contributed by atoms with van der Waals surface area (Å²) in [5.41, 5.74) is 1.76. The molecule has 2 aliphatic heterocycles. The van der Waals surface area contributed by atoms with Gasteiger partial charge in [0.2, 0.25) is 11.8 Å². The van der Waals surface area contributed by atoms with Gasteiger partial charge in [0.05, 0.1) is 6.42 Å². The Balaban J connectivity index is 1.33. The van der Waals surface area contributed by atoms with Crippen molar-refractivity contribution in [1.82, 2.24) is 9.21 Å². The maximum absolute atomic E-state index is 12.6. The number of carbonyl (C=O) groups excluding carboxylic acids is 2. The second-order valence-corrected chi connectivity index (χ2v) is 10.3. The molecule has 2 amide bonds. The Hall–Kier alpha value is -2.23. The van der Waals surface area contributed by atoms with Gasteiger partial charge in [-0.25, -0.2) is 8.42 Å². The van der Waals surface area contributed by atoms with E-state index in [1.54, 1.807) is 27.3 Å². The van der Waals surface area contributed by atoms with E-state index in [0.29, 0.717) is 36.8 Å². The van der Waals surface area contributed by atoms with E-state index in [-0.39, 0.29) is 18.2 Å². The third kappa shape index (κ3) is 4.22. The van der Waals surface area contributed by atoms with Crippen LogP contribution in [0.4, 0.5) is 5.69 Å². The fourth-order valence-corrected chi connectivity index (χ4v) is 6.28. The highest BCUT2D eigenvalue weighted by Crippen LogP contribution is 2.23. The van der Waals surface area contributed by atoms with E-state index in [2.05, 4.69) is 0 Å². The quantitative estimate of drug-likeness (QED) is 0.722. The standard InChI is InChI=1S/C20H23N3O4S2/c24-18-3-1-9-23(18)17-7-5-16(6-8-17)15-19(25)21-10-12-22(13-11-21)29(26,27)20-4-2-14-28-20/h2,4-8,14H,1,3,9-13,15H2. The summed E-state index contributed by atoms with van der Waals surface area (Å²) in [4.78, 5) is 28.0. The van der Waals surface area contributed by atoms with Crippen LogP contribution in [-0.2, 0) is 26.0 Å². The first kappa shape index (κ1) is 20.1. The molecule has 0 spiro atoms. The summed E-state index contributed by atoms with van der Waals surface area (Å²) in [6.45, 7) is 2.15. The minimum atomic E-state index is -3.46. The van der Waals surface area contributed by atoms with Crippen LogP contribution in [0.5, 0.6) is 0 Å². The maximum Gasteiger partial charge on any atom is 0.252 e. The molecule has 3 heterocycles. The summed E-state index contributed by atoms with van der Waals surface area (Å²) in [5, 5.41) is 1.75. The zero-order valence-electron chi connectivity index (χ0n) is 16.0. The van der Waals surface area contributed by atoms with Crippen molar-refractivity contribution in [2.45, 2.75) is 23.5 Å². The monoisotopic (exact) mass is 433 g/mol. The Bertz CT molecular complexity index is 979. The molecule has 2 aliphatic rings. The van der Waals surface area contributed by atoms with Gasteiger partial charge in [-0.1, -0.05) is 18.2 Å².